The SMILES string of the molecule is COc1nc(CO)cc(C(F)(F)F)c1C(F)F. The van der Waals surface area contributed by atoms with Crippen LogP contribution in [0.2, 0.25) is 0 Å². The Morgan fingerprint density at radius 2 is 2.00 bits per heavy atom. The van der Waals surface area contributed by atoms with Gasteiger partial charge in [-0.05, 0) is 6.07 Å². The molecular weight excluding hydrogens is 249 g/mol. The molecule has 0 saturated carbocycles. The van der Waals surface area contributed by atoms with Crippen molar-refractivity contribution in [2.45, 2.75) is 19.2 Å². The Labute approximate surface area is 92.8 Å². The number of hydrogen-bond donors (Lipinski definition) is 1. The number of ether oxygens (including phenoxy) is 1. The van der Waals surface area contributed by atoms with Gasteiger partial charge in [-0.2, -0.15) is 13.2 Å². The van der Waals surface area contributed by atoms with Crippen molar-refractivity contribution in [3.63, 3.8) is 0 Å². The van der Waals surface area contributed by atoms with Gasteiger partial charge >= 0.3 is 6.18 Å². The number of methoxy groups -OCH3 is 1. The van der Waals surface area contributed by atoms with Gasteiger partial charge in [-0.25, -0.2) is 13.8 Å². The van der Waals surface area contributed by atoms with Gasteiger partial charge in [-0.3, -0.25) is 0 Å². The van der Waals surface area contributed by atoms with Crippen molar-refractivity contribution in [1.29, 1.82) is 0 Å². The third-order valence-electron chi connectivity index (χ3n) is 1.96. The minimum Gasteiger partial charge on any atom is -0.481 e. The van der Waals surface area contributed by atoms with Crippen LogP contribution in [0.5, 0.6) is 5.88 Å². The normalized spacial score (nSPS) is 12.0. The van der Waals surface area contributed by atoms with E-state index in [0.717, 1.165) is 7.11 Å². The smallest absolute Gasteiger partial charge is 0.417 e. The van der Waals surface area contributed by atoms with Crippen molar-refractivity contribution in [3.8, 4) is 5.88 Å². The van der Waals surface area contributed by atoms with Gasteiger partial charge < -0.3 is 9.84 Å². The fraction of sp³-hybridized carbons (Fsp3) is 0.444. The largest absolute Gasteiger partial charge is 0.481 e. The molecule has 0 aliphatic carbocycles. The van der Waals surface area contributed by atoms with Crippen molar-refractivity contribution in [2.24, 2.45) is 0 Å². The van der Waals surface area contributed by atoms with Crippen LogP contribution in [-0.4, -0.2) is 17.2 Å². The first-order valence-electron chi connectivity index (χ1n) is 4.35. The van der Waals surface area contributed by atoms with E-state index in [1.807, 2.05) is 0 Å². The lowest BCUT2D eigenvalue weighted by Crippen LogP contribution is -2.13. The molecule has 0 aliphatic heterocycles. The Kier molecular flexibility index (Phi) is 3.87. The van der Waals surface area contributed by atoms with Gasteiger partial charge in [0, 0.05) is 0 Å². The Balaban J connectivity index is 3.52. The Hall–Kier alpha value is -1.44. The summed E-state index contributed by atoms with van der Waals surface area (Å²) >= 11 is 0. The van der Waals surface area contributed by atoms with Crippen LogP contribution in [0.4, 0.5) is 22.0 Å². The zero-order valence-corrected chi connectivity index (χ0v) is 8.55. The Morgan fingerprint density at radius 3 is 2.35 bits per heavy atom. The average Bonchev–Trinajstić information content (AvgIpc) is 2.25. The highest BCUT2D eigenvalue weighted by molar-refractivity contribution is 5.39. The molecule has 8 heteroatoms. The standard InChI is InChI=1S/C9H8F5NO2/c1-17-8-6(7(10)11)5(9(12,13)14)2-4(3-16)15-8/h2,7,16H,3H2,1H3. The highest BCUT2D eigenvalue weighted by atomic mass is 19.4. The molecule has 0 spiro atoms. The minimum absolute atomic E-state index is 0.379. The first-order valence-corrected chi connectivity index (χ1v) is 4.35. The van der Waals surface area contributed by atoms with Gasteiger partial charge in [-0.1, -0.05) is 0 Å². The van der Waals surface area contributed by atoms with E-state index in [0.29, 0.717) is 6.07 Å². The number of alkyl halides is 5. The van der Waals surface area contributed by atoms with E-state index in [9.17, 15) is 22.0 Å². The maximum Gasteiger partial charge on any atom is 0.417 e. The van der Waals surface area contributed by atoms with Crippen LogP contribution >= 0.6 is 0 Å². The van der Waals surface area contributed by atoms with E-state index in [4.69, 9.17) is 5.11 Å². The first-order chi connectivity index (χ1) is 7.81. The summed E-state index contributed by atoms with van der Waals surface area (Å²) in [6.45, 7) is -0.803. The van der Waals surface area contributed by atoms with Crippen molar-refractivity contribution < 1.29 is 31.8 Å². The number of rotatable bonds is 3. The number of aromatic nitrogens is 1. The maximum absolute atomic E-state index is 12.6. The van der Waals surface area contributed by atoms with Crippen LogP contribution < -0.4 is 4.74 Å². The number of aliphatic hydroxyl groups is 1. The summed E-state index contributed by atoms with van der Waals surface area (Å²) in [5.41, 5.74) is -3.26. The summed E-state index contributed by atoms with van der Waals surface area (Å²) in [7, 11) is 0.926. The molecule has 1 aromatic rings. The topological polar surface area (TPSA) is 42.4 Å². The van der Waals surface area contributed by atoms with E-state index >= 15 is 0 Å². The highest BCUT2D eigenvalue weighted by Gasteiger charge is 2.38. The molecule has 1 heterocycles. The number of hydrogen-bond acceptors (Lipinski definition) is 3. The lowest BCUT2D eigenvalue weighted by Gasteiger charge is -2.16. The molecule has 0 bridgehead atoms. The van der Waals surface area contributed by atoms with Gasteiger partial charge in [0.1, 0.15) is 0 Å². The molecule has 0 unspecified atom stereocenters. The number of pyridine rings is 1. The lowest BCUT2D eigenvalue weighted by atomic mass is 10.1. The van der Waals surface area contributed by atoms with Crippen LogP contribution in [0.15, 0.2) is 6.07 Å². The monoisotopic (exact) mass is 257 g/mol. The Morgan fingerprint density at radius 1 is 1.41 bits per heavy atom. The molecule has 0 radical (unpaired) electrons. The van der Waals surface area contributed by atoms with E-state index in [-0.39, 0.29) is 0 Å². The molecule has 0 atom stereocenters. The number of aliphatic hydroxyl groups excluding tert-OH is 1. The summed E-state index contributed by atoms with van der Waals surface area (Å²) in [6.07, 6.45) is -8.34. The second-order valence-electron chi connectivity index (χ2n) is 3.04. The second-order valence-corrected chi connectivity index (χ2v) is 3.04. The fourth-order valence-electron chi connectivity index (χ4n) is 1.26. The van der Waals surface area contributed by atoms with E-state index in [1.165, 1.54) is 0 Å². The molecule has 0 aromatic carbocycles. The third kappa shape index (κ3) is 2.82. The number of nitrogens with zero attached hydrogens (tertiary/aromatic N) is 1. The highest BCUT2D eigenvalue weighted by Crippen LogP contribution is 2.40. The molecule has 1 N–H and O–H groups in total. The van der Waals surface area contributed by atoms with Gasteiger partial charge in [0.15, 0.2) is 0 Å². The first kappa shape index (κ1) is 13.6. The predicted octanol–water partition coefficient (Wildman–Crippen LogP) is 2.54. The van der Waals surface area contributed by atoms with Crippen LogP contribution in [0.25, 0.3) is 0 Å². The lowest BCUT2D eigenvalue weighted by molar-refractivity contribution is -0.139. The molecule has 1 aromatic heterocycles. The number of halogens is 5. The zero-order valence-electron chi connectivity index (χ0n) is 8.55. The molecule has 17 heavy (non-hydrogen) atoms. The van der Waals surface area contributed by atoms with E-state index < -0.39 is 41.9 Å². The van der Waals surface area contributed by atoms with Crippen LogP contribution in [0.3, 0.4) is 0 Å². The summed E-state index contributed by atoms with van der Waals surface area (Å²) < 4.78 is 67.1. The molecule has 0 aliphatic rings. The molecule has 1 rings (SSSR count). The third-order valence-corrected chi connectivity index (χ3v) is 1.96. The summed E-state index contributed by atoms with van der Waals surface area (Å²) in [6, 6.07) is 0.379. The van der Waals surface area contributed by atoms with E-state index in [2.05, 4.69) is 9.72 Å². The maximum atomic E-state index is 12.6. The summed E-state index contributed by atoms with van der Waals surface area (Å²) in [4.78, 5) is 3.35. The molecular formula is C9H8F5NO2. The second kappa shape index (κ2) is 4.82. The zero-order chi connectivity index (χ0) is 13.2. The van der Waals surface area contributed by atoms with Crippen molar-refractivity contribution >= 4 is 0 Å². The van der Waals surface area contributed by atoms with Crippen LogP contribution in [-0.2, 0) is 12.8 Å². The van der Waals surface area contributed by atoms with Gasteiger partial charge in [0.25, 0.3) is 6.43 Å². The Bertz CT molecular complexity index is 405. The van der Waals surface area contributed by atoms with Crippen molar-refractivity contribution in [3.05, 3.63) is 22.9 Å². The molecule has 96 valence electrons. The summed E-state index contributed by atoms with van der Waals surface area (Å²) in [5, 5.41) is 8.70. The van der Waals surface area contributed by atoms with Gasteiger partial charge in [0.2, 0.25) is 5.88 Å². The molecule has 0 saturated heterocycles. The summed E-state index contributed by atoms with van der Waals surface area (Å²) in [5.74, 6) is -0.834. The van der Waals surface area contributed by atoms with Gasteiger partial charge in [-0.15, -0.1) is 0 Å². The fourth-order valence-corrected chi connectivity index (χ4v) is 1.26. The molecule has 0 amide bonds. The molecule has 0 fully saturated rings. The van der Waals surface area contributed by atoms with E-state index in [1.54, 1.807) is 0 Å². The molecule has 3 nitrogen and oxygen atoms in total. The van der Waals surface area contributed by atoms with Crippen LogP contribution in [0.1, 0.15) is 23.2 Å². The van der Waals surface area contributed by atoms with Crippen LogP contribution in [0, 0.1) is 0 Å². The quantitative estimate of drug-likeness (QED) is 0.846. The van der Waals surface area contributed by atoms with Crippen molar-refractivity contribution in [1.82, 2.24) is 4.98 Å². The predicted molar refractivity (Wildman–Crippen MR) is 46.7 cm³/mol. The average molecular weight is 257 g/mol. The van der Waals surface area contributed by atoms with Crippen molar-refractivity contribution in [2.75, 3.05) is 7.11 Å². The van der Waals surface area contributed by atoms with Gasteiger partial charge in [0.05, 0.1) is 30.5 Å². The minimum atomic E-state index is -4.97.